The van der Waals surface area contributed by atoms with E-state index in [2.05, 4.69) is 12.2 Å². The van der Waals surface area contributed by atoms with Crippen LogP contribution in [-0.4, -0.2) is 26.2 Å². The quantitative estimate of drug-likeness (QED) is 0.706. The standard InChI is InChI=1S/C16H25NO3/c1-4-10-17-15(11-16(18)20-5-2)14-8-6-13(7-9-14)12-19-3/h6-9,15,17H,4-5,10-12H2,1-3H3. The lowest BCUT2D eigenvalue weighted by atomic mass is 10.0. The van der Waals surface area contributed by atoms with E-state index in [-0.39, 0.29) is 12.0 Å². The fourth-order valence-corrected chi connectivity index (χ4v) is 2.03. The van der Waals surface area contributed by atoms with Gasteiger partial charge in [0.1, 0.15) is 0 Å². The zero-order chi connectivity index (χ0) is 14.8. The van der Waals surface area contributed by atoms with Gasteiger partial charge in [-0.1, -0.05) is 31.2 Å². The summed E-state index contributed by atoms with van der Waals surface area (Å²) >= 11 is 0. The summed E-state index contributed by atoms with van der Waals surface area (Å²) in [5, 5.41) is 3.39. The Labute approximate surface area is 121 Å². The van der Waals surface area contributed by atoms with Crippen LogP contribution in [0.3, 0.4) is 0 Å². The van der Waals surface area contributed by atoms with Crippen molar-refractivity contribution in [1.29, 1.82) is 0 Å². The van der Waals surface area contributed by atoms with Crippen LogP contribution < -0.4 is 5.32 Å². The number of benzene rings is 1. The molecule has 0 aliphatic carbocycles. The van der Waals surface area contributed by atoms with Gasteiger partial charge < -0.3 is 14.8 Å². The first kappa shape index (κ1) is 16.7. The molecular weight excluding hydrogens is 254 g/mol. The second-order valence-corrected chi connectivity index (χ2v) is 4.69. The van der Waals surface area contributed by atoms with E-state index >= 15 is 0 Å². The molecule has 0 bridgehead atoms. The molecule has 4 heteroatoms. The lowest BCUT2D eigenvalue weighted by molar-refractivity contribution is -0.143. The van der Waals surface area contributed by atoms with Crippen molar-refractivity contribution in [3.05, 3.63) is 35.4 Å². The Kier molecular flexibility index (Phi) is 7.92. The summed E-state index contributed by atoms with van der Waals surface area (Å²) in [6.07, 6.45) is 1.39. The first-order valence-electron chi connectivity index (χ1n) is 7.18. The monoisotopic (exact) mass is 279 g/mol. The van der Waals surface area contributed by atoms with Crippen molar-refractivity contribution < 1.29 is 14.3 Å². The van der Waals surface area contributed by atoms with Crippen LogP contribution in [0.1, 0.15) is 43.9 Å². The molecule has 1 rings (SSSR count). The lowest BCUT2D eigenvalue weighted by Crippen LogP contribution is -2.25. The van der Waals surface area contributed by atoms with Crippen molar-refractivity contribution in [2.75, 3.05) is 20.3 Å². The van der Waals surface area contributed by atoms with Crippen LogP contribution in [0.25, 0.3) is 0 Å². The van der Waals surface area contributed by atoms with E-state index in [4.69, 9.17) is 9.47 Å². The van der Waals surface area contributed by atoms with Crippen molar-refractivity contribution in [3.63, 3.8) is 0 Å². The molecule has 0 spiro atoms. The number of carbonyl (C=O) groups is 1. The second-order valence-electron chi connectivity index (χ2n) is 4.69. The minimum Gasteiger partial charge on any atom is -0.466 e. The van der Waals surface area contributed by atoms with Gasteiger partial charge >= 0.3 is 5.97 Å². The largest absolute Gasteiger partial charge is 0.466 e. The maximum atomic E-state index is 11.7. The first-order valence-corrected chi connectivity index (χ1v) is 7.18. The van der Waals surface area contributed by atoms with Gasteiger partial charge in [0.2, 0.25) is 0 Å². The molecule has 112 valence electrons. The Hall–Kier alpha value is -1.39. The van der Waals surface area contributed by atoms with Gasteiger partial charge in [-0.25, -0.2) is 0 Å². The summed E-state index contributed by atoms with van der Waals surface area (Å²) in [5.41, 5.74) is 2.23. The normalized spacial score (nSPS) is 12.2. The summed E-state index contributed by atoms with van der Waals surface area (Å²) in [6.45, 7) is 5.84. The van der Waals surface area contributed by atoms with Crippen LogP contribution in [0, 0.1) is 0 Å². The number of hydrogen-bond acceptors (Lipinski definition) is 4. The average molecular weight is 279 g/mol. The van der Waals surface area contributed by atoms with Crippen LogP contribution in [-0.2, 0) is 20.9 Å². The lowest BCUT2D eigenvalue weighted by Gasteiger charge is -2.18. The van der Waals surface area contributed by atoms with Crippen LogP contribution in [0.5, 0.6) is 0 Å². The van der Waals surface area contributed by atoms with E-state index in [0.29, 0.717) is 19.6 Å². The van der Waals surface area contributed by atoms with Crippen molar-refractivity contribution >= 4 is 5.97 Å². The van der Waals surface area contributed by atoms with E-state index in [9.17, 15) is 4.79 Å². The van der Waals surface area contributed by atoms with Gasteiger partial charge in [-0.05, 0) is 31.0 Å². The second kappa shape index (κ2) is 9.50. The Bertz CT molecular complexity index is 389. The third-order valence-electron chi connectivity index (χ3n) is 3.01. The number of esters is 1. The van der Waals surface area contributed by atoms with E-state index in [1.165, 1.54) is 0 Å². The molecule has 0 heterocycles. The molecule has 0 radical (unpaired) electrons. The minimum atomic E-state index is -0.165. The molecule has 1 aromatic carbocycles. The van der Waals surface area contributed by atoms with E-state index in [1.54, 1.807) is 7.11 Å². The zero-order valence-corrected chi connectivity index (χ0v) is 12.6. The molecule has 0 saturated heterocycles. The summed E-state index contributed by atoms with van der Waals surface area (Å²) in [5.74, 6) is -0.165. The molecule has 0 aliphatic heterocycles. The van der Waals surface area contributed by atoms with Gasteiger partial charge in [-0.2, -0.15) is 0 Å². The molecule has 0 aromatic heterocycles. The third kappa shape index (κ3) is 5.72. The van der Waals surface area contributed by atoms with Crippen molar-refractivity contribution in [3.8, 4) is 0 Å². The van der Waals surface area contributed by atoms with Gasteiger partial charge in [0, 0.05) is 13.2 Å². The molecule has 20 heavy (non-hydrogen) atoms. The summed E-state index contributed by atoms with van der Waals surface area (Å²) in [4.78, 5) is 11.7. The van der Waals surface area contributed by atoms with Gasteiger partial charge in [0.25, 0.3) is 0 Å². The first-order chi connectivity index (χ1) is 9.71. The predicted molar refractivity (Wildman–Crippen MR) is 79.4 cm³/mol. The number of rotatable bonds is 9. The van der Waals surface area contributed by atoms with E-state index < -0.39 is 0 Å². The highest BCUT2D eigenvalue weighted by Crippen LogP contribution is 2.18. The third-order valence-corrected chi connectivity index (χ3v) is 3.01. The van der Waals surface area contributed by atoms with Crippen LogP contribution in [0.4, 0.5) is 0 Å². The van der Waals surface area contributed by atoms with Crippen molar-refractivity contribution in [2.24, 2.45) is 0 Å². The molecule has 1 aromatic rings. The molecule has 0 aliphatic rings. The molecule has 0 amide bonds. The highest BCUT2D eigenvalue weighted by Gasteiger charge is 2.16. The molecule has 1 N–H and O–H groups in total. The topological polar surface area (TPSA) is 47.6 Å². The molecule has 1 unspecified atom stereocenters. The SMILES string of the molecule is CCCNC(CC(=O)OCC)c1ccc(COC)cc1. The molecule has 4 nitrogen and oxygen atoms in total. The van der Waals surface area contributed by atoms with Gasteiger partial charge in [0.05, 0.1) is 19.6 Å². The predicted octanol–water partition coefficient (Wildman–Crippen LogP) is 2.83. The van der Waals surface area contributed by atoms with E-state index in [0.717, 1.165) is 24.1 Å². The molecule has 0 saturated carbocycles. The smallest absolute Gasteiger partial charge is 0.307 e. The summed E-state index contributed by atoms with van der Waals surface area (Å²) in [6, 6.07) is 8.16. The van der Waals surface area contributed by atoms with Gasteiger partial charge in [-0.15, -0.1) is 0 Å². The van der Waals surface area contributed by atoms with Gasteiger partial charge in [0.15, 0.2) is 0 Å². The molecular formula is C16H25NO3. The number of methoxy groups -OCH3 is 1. The number of nitrogens with one attached hydrogen (secondary N) is 1. The van der Waals surface area contributed by atoms with E-state index in [1.807, 2.05) is 31.2 Å². The van der Waals surface area contributed by atoms with Gasteiger partial charge in [-0.3, -0.25) is 4.79 Å². The Morgan fingerprint density at radius 2 is 1.95 bits per heavy atom. The highest BCUT2D eigenvalue weighted by molar-refractivity contribution is 5.70. The summed E-state index contributed by atoms with van der Waals surface area (Å²) in [7, 11) is 1.68. The fraction of sp³-hybridized carbons (Fsp3) is 0.562. The average Bonchev–Trinajstić information content (AvgIpc) is 2.45. The van der Waals surface area contributed by atoms with Crippen LogP contribution in [0.15, 0.2) is 24.3 Å². The van der Waals surface area contributed by atoms with Crippen LogP contribution >= 0.6 is 0 Å². The van der Waals surface area contributed by atoms with Crippen molar-refractivity contribution in [1.82, 2.24) is 5.32 Å². The molecule has 1 atom stereocenters. The maximum Gasteiger partial charge on any atom is 0.307 e. The highest BCUT2D eigenvalue weighted by atomic mass is 16.5. The minimum absolute atomic E-state index is 0.00518. The fourth-order valence-electron chi connectivity index (χ4n) is 2.03. The molecule has 0 fully saturated rings. The Morgan fingerprint density at radius 3 is 2.50 bits per heavy atom. The Morgan fingerprint density at radius 1 is 1.25 bits per heavy atom. The number of carbonyl (C=O) groups excluding carboxylic acids is 1. The zero-order valence-electron chi connectivity index (χ0n) is 12.6. The van der Waals surface area contributed by atoms with Crippen LogP contribution in [0.2, 0.25) is 0 Å². The van der Waals surface area contributed by atoms with Crippen molar-refractivity contribution in [2.45, 2.75) is 39.3 Å². The maximum absolute atomic E-state index is 11.7. The Balaban J connectivity index is 2.72. The summed E-state index contributed by atoms with van der Waals surface area (Å²) < 4.78 is 10.1. The number of ether oxygens (including phenoxy) is 2. The number of hydrogen-bond donors (Lipinski definition) is 1.